The summed E-state index contributed by atoms with van der Waals surface area (Å²) in [7, 11) is 0. The average molecular weight is 375 g/mol. The number of nitrogens with zero attached hydrogens (tertiary/aromatic N) is 3. The van der Waals surface area contributed by atoms with Crippen LogP contribution >= 0.6 is 0 Å². The second-order valence-corrected chi connectivity index (χ2v) is 7.55. The molecule has 0 aliphatic carbocycles. The third-order valence-corrected chi connectivity index (χ3v) is 5.67. The molecule has 4 rings (SSSR count). The summed E-state index contributed by atoms with van der Waals surface area (Å²) in [5, 5.41) is 8.89. The van der Waals surface area contributed by atoms with Crippen molar-refractivity contribution in [2.75, 3.05) is 32.7 Å². The number of carbonyl (C=O) groups is 1. The Balaban J connectivity index is 1.19. The topological polar surface area (TPSA) is 56.6 Å². The summed E-state index contributed by atoms with van der Waals surface area (Å²) in [6.07, 6.45) is 1.83. The minimum atomic E-state index is -0.183. The van der Waals surface area contributed by atoms with Crippen LogP contribution in [0.3, 0.4) is 0 Å². The maximum atomic E-state index is 11.9. The molecule has 2 aliphatic heterocycles. The van der Waals surface area contributed by atoms with Crippen LogP contribution in [0.1, 0.15) is 46.0 Å². The minimum absolute atomic E-state index is 0.0821. The molecule has 1 atom stereocenters. The van der Waals surface area contributed by atoms with Crippen molar-refractivity contribution in [2.24, 2.45) is 0 Å². The number of carbonyl (C=O) groups excluding carboxylic acids is 1. The highest BCUT2D eigenvalue weighted by molar-refractivity contribution is 5.93. The van der Waals surface area contributed by atoms with Gasteiger partial charge in [0.2, 0.25) is 0 Å². The molecule has 1 saturated heterocycles. The van der Waals surface area contributed by atoms with Gasteiger partial charge in [0.1, 0.15) is 6.10 Å². The van der Waals surface area contributed by atoms with Gasteiger partial charge in [0, 0.05) is 38.3 Å². The summed E-state index contributed by atoms with van der Waals surface area (Å²) in [6.45, 7) is 6.23. The van der Waals surface area contributed by atoms with Crippen LogP contribution in [-0.2, 0) is 11.3 Å². The van der Waals surface area contributed by atoms with Crippen LogP contribution in [0.4, 0.5) is 0 Å². The maximum absolute atomic E-state index is 11.9. The molecule has 0 amide bonds. The van der Waals surface area contributed by atoms with Crippen molar-refractivity contribution in [3.8, 4) is 6.07 Å². The summed E-state index contributed by atoms with van der Waals surface area (Å²) >= 11 is 0. The van der Waals surface area contributed by atoms with E-state index in [1.54, 1.807) is 0 Å². The second kappa shape index (κ2) is 8.55. The summed E-state index contributed by atoms with van der Waals surface area (Å²) in [5.41, 5.74) is 3.74. The predicted molar refractivity (Wildman–Crippen MR) is 107 cm³/mol. The number of rotatable bonds is 6. The Morgan fingerprint density at radius 1 is 1.00 bits per heavy atom. The van der Waals surface area contributed by atoms with E-state index in [0.717, 1.165) is 63.2 Å². The molecular weight excluding hydrogens is 350 g/mol. The smallest absolute Gasteiger partial charge is 0.339 e. The van der Waals surface area contributed by atoms with Crippen LogP contribution in [-0.4, -0.2) is 48.5 Å². The van der Waals surface area contributed by atoms with E-state index in [1.165, 1.54) is 5.56 Å². The molecule has 0 radical (unpaired) electrons. The standard InChI is InChI=1S/C23H25N3O2/c24-16-18-7-9-19(10-8-18)17-26-14-12-25(13-15-26)11-3-6-22-20-4-1-2-5-21(20)23(27)28-22/h1-2,4-5,7-10,22H,3,6,11-15,17H2. The molecule has 0 aromatic heterocycles. The maximum Gasteiger partial charge on any atom is 0.339 e. The monoisotopic (exact) mass is 375 g/mol. The molecule has 0 N–H and O–H groups in total. The number of hydrogen-bond donors (Lipinski definition) is 0. The normalized spacial score (nSPS) is 19.8. The molecule has 5 nitrogen and oxygen atoms in total. The van der Waals surface area contributed by atoms with E-state index in [-0.39, 0.29) is 12.1 Å². The Morgan fingerprint density at radius 3 is 2.46 bits per heavy atom. The number of hydrogen-bond acceptors (Lipinski definition) is 5. The molecule has 28 heavy (non-hydrogen) atoms. The number of esters is 1. The quantitative estimate of drug-likeness (QED) is 0.725. The van der Waals surface area contributed by atoms with Gasteiger partial charge < -0.3 is 9.64 Å². The molecule has 0 spiro atoms. The third kappa shape index (κ3) is 4.24. The zero-order chi connectivity index (χ0) is 19.3. The first-order valence-electron chi connectivity index (χ1n) is 9.96. The molecule has 5 heteroatoms. The Bertz CT molecular complexity index is 864. The number of benzene rings is 2. The molecule has 2 aromatic rings. The highest BCUT2D eigenvalue weighted by Crippen LogP contribution is 2.33. The van der Waals surface area contributed by atoms with Crippen molar-refractivity contribution >= 4 is 5.97 Å². The molecule has 2 heterocycles. The van der Waals surface area contributed by atoms with E-state index in [4.69, 9.17) is 10.00 Å². The van der Waals surface area contributed by atoms with Gasteiger partial charge >= 0.3 is 5.97 Å². The van der Waals surface area contributed by atoms with E-state index < -0.39 is 0 Å². The van der Waals surface area contributed by atoms with Gasteiger partial charge in [0.05, 0.1) is 17.2 Å². The van der Waals surface area contributed by atoms with Crippen molar-refractivity contribution in [1.82, 2.24) is 9.80 Å². The third-order valence-electron chi connectivity index (χ3n) is 5.67. The van der Waals surface area contributed by atoms with Gasteiger partial charge in [0.25, 0.3) is 0 Å². The lowest BCUT2D eigenvalue weighted by Gasteiger charge is -2.34. The van der Waals surface area contributed by atoms with Gasteiger partial charge in [0.15, 0.2) is 0 Å². The molecule has 1 fully saturated rings. The zero-order valence-electron chi connectivity index (χ0n) is 16.0. The molecule has 0 bridgehead atoms. The molecule has 144 valence electrons. The summed E-state index contributed by atoms with van der Waals surface area (Å²) in [5.74, 6) is -0.183. The van der Waals surface area contributed by atoms with Gasteiger partial charge in [-0.3, -0.25) is 4.90 Å². The first kappa shape index (κ1) is 18.7. The Kier molecular flexibility index (Phi) is 5.70. The Hall–Kier alpha value is -2.68. The van der Waals surface area contributed by atoms with Crippen LogP contribution < -0.4 is 0 Å². The summed E-state index contributed by atoms with van der Waals surface area (Å²) in [4.78, 5) is 16.9. The van der Waals surface area contributed by atoms with Crippen LogP contribution in [0.5, 0.6) is 0 Å². The lowest BCUT2D eigenvalue weighted by Crippen LogP contribution is -2.46. The van der Waals surface area contributed by atoms with Gasteiger partial charge in [-0.1, -0.05) is 30.3 Å². The van der Waals surface area contributed by atoms with E-state index >= 15 is 0 Å². The molecule has 2 aliphatic rings. The molecular formula is C23H25N3O2. The Labute approximate surface area is 166 Å². The number of cyclic esters (lactones) is 1. The lowest BCUT2D eigenvalue weighted by molar-refractivity contribution is 0.0353. The fourth-order valence-electron chi connectivity index (χ4n) is 4.05. The number of fused-ring (bicyclic) bond motifs is 1. The summed E-state index contributed by atoms with van der Waals surface area (Å²) < 4.78 is 5.54. The highest BCUT2D eigenvalue weighted by Gasteiger charge is 2.30. The molecule has 1 unspecified atom stereocenters. The first-order chi connectivity index (χ1) is 13.7. The fraction of sp³-hybridized carbons (Fsp3) is 0.391. The van der Waals surface area contributed by atoms with E-state index in [2.05, 4.69) is 15.9 Å². The minimum Gasteiger partial charge on any atom is -0.454 e. The van der Waals surface area contributed by atoms with Crippen LogP contribution in [0.25, 0.3) is 0 Å². The molecule has 0 saturated carbocycles. The average Bonchev–Trinajstić information content (AvgIpc) is 3.06. The van der Waals surface area contributed by atoms with Crippen molar-refractivity contribution in [2.45, 2.75) is 25.5 Å². The van der Waals surface area contributed by atoms with Crippen molar-refractivity contribution in [3.05, 3.63) is 70.8 Å². The first-order valence-corrected chi connectivity index (χ1v) is 9.96. The van der Waals surface area contributed by atoms with Crippen LogP contribution in [0, 0.1) is 11.3 Å². The van der Waals surface area contributed by atoms with E-state index in [0.29, 0.717) is 5.56 Å². The van der Waals surface area contributed by atoms with Crippen molar-refractivity contribution < 1.29 is 9.53 Å². The van der Waals surface area contributed by atoms with Crippen molar-refractivity contribution in [1.29, 1.82) is 5.26 Å². The van der Waals surface area contributed by atoms with Gasteiger partial charge in [-0.25, -0.2) is 4.79 Å². The van der Waals surface area contributed by atoms with Gasteiger partial charge in [-0.05, 0) is 43.1 Å². The van der Waals surface area contributed by atoms with Gasteiger partial charge in [-0.2, -0.15) is 5.26 Å². The fourth-order valence-corrected chi connectivity index (χ4v) is 4.05. The highest BCUT2D eigenvalue weighted by atomic mass is 16.5. The van der Waals surface area contributed by atoms with Gasteiger partial charge in [-0.15, -0.1) is 0 Å². The Morgan fingerprint density at radius 2 is 1.71 bits per heavy atom. The lowest BCUT2D eigenvalue weighted by atomic mass is 10.0. The number of nitriles is 1. The SMILES string of the molecule is N#Cc1ccc(CN2CCN(CCCC3OC(=O)c4ccccc43)CC2)cc1. The number of ether oxygens (including phenoxy) is 1. The van der Waals surface area contributed by atoms with Crippen molar-refractivity contribution in [3.63, 3.8) is 0 Å². The van der Waals surface area contributed by atoms with Crippen LogP contribution in [0.15, 0.2) is 48.5 Å². The largest absolute Gasteiger partial charge is 0.454 e. The molecule has 2 aromatic carbocycles. The number of piperazine rings is 1. The van der Waals surface area contributed by atoms with E-state index in [9.17, 15) is 4.79 Å². The second-order valence-electron chi connectivity index (χ2n) is 7.55. The zero-order valence-corrected chi connectivity index (χ0v) is 16.0. The van der Waals surface area contributed by atoms with Crippen LogP contribution in [0.2, 0.25) is 0 Å². The van der Waals surface area contributed by atoms with E-state index in [1.807, 2.05) is 48.5 Å². The summed E-state index contributed by atoms with van der Waals surface area (Å²) in [6, 6.07) is 17.8. The predicted octanol–water partition coefficient (Wildman–Crippen LogP) is 3.37.